The van der Waals surface area contributed by atoms with Crippen molar-refractivity contribution in [3.63, 3.8) is 0 Å². The summed E-state index contributed by atoms with van der Waals surface area (Å²) in [6, 6.07) is 4.61. The van der Waals surface area contributed by atoms with Crippen LogP contribution in [-0.4, -0.2) is 34.7 Å². The lowest BCUT2D eigenvalue weighted by Crippen LogP contribution is -2.48. The minimum Gasteiger partial charge on any atom is -0.481 e. The van der Waals surface area contributed by atoms with Crippen LogP contribution in [-0.2, 0) is 4.79 Å². The lowest BCUT2D eigenvalue weighted by Gasteiger charge is -2.45. The van der Waals surface area contributed by atoms with Gasteiger partial charge in [-0.15, -0.1) is 0 Å². The summed E-state index contributed by atoms with van der Waals surface area (Å²) in [5, 5.41) is 10.1. The minimum absolute atomic E-state index is 0.0183. The van der Waals surface area contributed by atoms with Crippen molar-refractivity contribution in [3.8, 4) is 11.8 Å². The molecule has 0 radical (unpaired) electrons. The molecule has 1 N–H and O–H groups in total. The van der Waals surface area contributed by atoms with Gasteiger partial charge in [0, 0.05) is 24.6 Å². The van der Waals surface area contributed by atoms with E-state index in [9.17, 15) is 23.1 Å². The molecule has 2 aliphatic rings. The molecule has 1 aliphatic heterocycles. The van der Waals surface area contributed by atoms with E-state index >= 15 is 0 Å². The average Bonchev–Trinajstić information content (AvgIpc) is 2.76. The van der Waals surface area contributed by atoms with E-state index in [-0.39, 0.29) is 30.7 Å². The summed E-state index contributed by atoms with van der Waals surface area (Å²) >= 11 is 12.8. The van der Waals surface area contributed by atoms with Gasteiger partial charge in [0.05, 0.1) is 21.7 Å². The second-order valence-electron chi connectivity index (χ2n) is 8.80. The number of nitrogens with zero attached hydrogens (tertiary/aromatic N) is 1. The molecular formula is C26H26Cl2F3NO2. The molecule has 0 amide bonds. The molecule has 1 unspecified atom stereocenters. The van der Waals surface area contributed by atoms with Gasteiger partial charge in [0.2, 0.25) is 0 Å². The number of carboxylic acid groups (broad SMARTS) is 1. The first-order valence-corrected chi connectivity index (χ1v) is 11.8. The SMILES string of the molecule is C=C(C)C#C[C@@H](c1cccc(Cl)c1Cl)N1CC[C@H](CC(=O)O)C[C@@H]1C1C=CC(C(F)(F)F)=CC1. The molecule has 34 heavy (non-hydrogen) atoms. The molecule has 1 aliphatic carbocycles. The van der Waals surface area contributed by atoms with E-state index in [1.54, 1.807) is 25.1 Å². The molecule has 0 aromatic heterocycles. The molecule has 0 saturated carbocycles. The predicted molar refractivity (Wildman–Crippen MR) is 129 cm³/mol. The number of rotatable bonds is 5. The molecule has 1 heterocycles. The van der Waals surface area contributed by atoms with Crippen molar-refractivity contribution in [2.24, 2.45) is 11.8 Å². The van der Waals surface area contributed by atoms with Gasteiger partial charge in [0.15, 0.2) is 0 Å². The molecule has 0 spiro atoms. The Balaban J connectivity index is 2.00. The number of hydrogen-bond acceptors (Lipinski definition) is 2. The third kappa shape index (κ3) is 6.47. The van der Waals surface area contributed by atoms with Crippen LogP contribution in [0.5, 0.6) is 0 Å². The van der Waals surface area contributed by atoms with Gasteiger partial charge in [-0.05, 0) is 49.7 Å². The van der Waals surface area contributed by atoms with Gasteiger partial charge >= 0.3 is 12.1 Å². The maximum absolute atomic E-state index is 13.2. The van der Waals surface area contributed by atoms with Crippen molar-refractivity contribution in [3.05, 3.63) is 69.8 Å². The van der Waals surface area contributed by atoms with Gasteiger partial charge in [-0.2, -0.15) is 13.2 Å². The zero-order valence-corrected chi connectivity index (χ0v) is 20.2. The Labute approximate surface area is 207 Å². The lowest BCUT2D eigenvalue weighted by atomic mass is 9.78. The highest BCUT2D eigenvalue weighted by molar-refractivity contribution is 6.42. The fourth-order valence-electron chi connectivity index (χ4n) is 4.66. The number of halogens is 5. The molecular weight excluding hydrogens is 486 g/mol. The van der Waals surface area contributed by atoms with Crippen LogP contribution < -0.4 is 0 Å². The minimum atomic E-state index is -4.40. The van der Waals surface area contributed by atoms with E-state index in [1.165, 1.54) is 6.08 Å². The monoisotopic (exact) mass is 511 g/mol. The summed E-state index contributed by atoms with van der Waals surface area (Å²) in [6.45, 7) is 6.16. The predicted octanol–water partition coefficient (Wildman–Crippen LogP) is 7.23. The number of carboxylic acids is 1. The summed E-state index contributed by atoms with van der Waals surface area (Å²) < 4.78 is 39.5. The second kappa shape index (κ2) is 11.0. The van der Waals surface area contributed by atoms with Gasteiger partial charge < -0.3 is 5.11 Å². The number of aliphatic carboxylic acids is 1. The molecule has 1 aromatic carbocycles. The zero-order valence-electron chi connectivity index (χ0n) is 18.7. The number of alkyl halides is 3. The van der Waals surface area contributed by atoms with E-state index in [0.29, 0.717) is 40.6 Å². The third-order valence-electron chi connectivity index (χ3n) is 6.24. The van der Waals surface area contributed by atoms with Crippen LogP contribution in [0.15, 0.2) is 54.2 Å². The number of benzene rings is 1. The van der Waals surface area contributed by atoms with E-state index < -0.39 is 23.8 Å². The van der Waals surface area contributed by atoms with E-state index in [2.05, 4.69) is 23.3 Å². The van der Waals surface area contributed by atoms with Crippen molar-refractivity contribution in [2.45, 2.75) is 50.9 Å². The van der Waals surface area contributed by atoms with Crippen molar-refractivity contribution in [2.75, 3.05) is 6.54 Å². The standard InChI is InChI=1S/C26H26Cl2F3NO2/c1-16(2)6-11-22(20-4-3-5-21(27)25(20)28)32-13-12-17(15-24(33)34)14-23(32)18-7-9-19(10-8-18)26(29,30)31/h3-5,7,9-10,17-18,22-23H,1,8,12-15H2,2H3,(H,33,34)/t17-,18?,22-,23+/m0/s1. The van der Waals surface area contributed by atoms with Crippen LogP contribution in [0.1, 0.15) is 44.2 Å². The Kier molecular flexibility index (Phi) is 8.57. The highest BCUT2D eigenvalue weighted by Gasteiger charge is 2.40. The fraction of sp³-hybridized carbons (Fsp3) is 0.423. The zero-order chi connectivity index (χ0) is 25.0. The van der Waals surface area contributed by atoms with Crippen LogP contribution in [0.2, 0.25) is 10.0 Å². The van der Waals surface area contributed by atoms with Crippen LogP contribution in [0.4, 0.5) is 13.2 Å². The number of piperidine rings is 1. The normalized spacial score (nSPS) is 24.1. The van der Waals surface area contributed by atoms with Crippen molar-refractivity contribution in [1.82, 2.24) is 4.90 Å². The number of hydrogen-bond donors (Lipinski definition) is 1. The first-order chi connectivity index (χ1) is 16.0. The highest BCUT2D eigenvalue weighted by Crippen LogP contribution is 2.42. The van der Waals surface area contributed by atoms with Crippen molar-refractivity contribution in [1.29, 1.82) is 0 Å². The third-order valence-corrected chi connectivity index (χ3v) is 7.08. The molecule has 8 heteroatoms. The van der Waals surface area contributed by atoms with Gasteiger partial charge in [-0.3, -0.25) is 9.69 Å². The first kappa shape index (κ1) is 26.4. The molecule has 3 nitrogen and oxygen atoms in total. The molecule has 1 fully saturated rings. The van der Waals surface area contributed by atoms with Crippen LogP contribution >= 0.6 is 23.2 Å². The van der Waals surface area contributed by atoms with E-state index in [1.807, 2.05) is 6.07 Å². The molecule has 0 bridgehead atoms. The van der Waals surface area contributed by atoms with Crippen LogP contribution in [0.25, 0.3) is 0 Å². The Hall–Kier alpha value is -2.20. The van der Waals surface area contributed by atoms with Gasteiger partial charge in [-0.1, -0.05) is 72.0 Å². The number of allylic oxidation sites excluding steroid dienone is 4. The molecule has 1 aromatic rings. The molecule has 3 rings (SSSR count). The van der Waals surface area contributed by atoms with Gasteiger partial charge in [0.25, 0.3) is 0 Å². The summed E-state index contributed by atoms with van der Waals surface area (Å²) in [5.41, 5.74) is 0.705. The maximum atomic E-state index is 13.2. The summed E-state index contributed by atoms with van der Waals surface area (Å²) in [5.74, 6) is 5.06. The van der Waals surface area contributed by atoms with Crippen LogP contribution in [0, 0.1) is 23.7 Å². The molecule has 182 valence electrons. The fourth-order valence-corrected chi connectivity index (χ4v) is 5.07. The maximum Gasteiger partial charge on any atom is 0.416 e. The van der Waals surface area contributed by atoms with Crippen molar-refractivity contribution >= 4 is 29.2 Å². The summed E-state index contributed by atoms with van der Waals surface area (Å²) in [7, 11) is 0. The van der Waals surface area contributed by atoms with E-state index in [4.69, 9.17) is 23.2 Å². The average molecular weight is 512 g/mol. The number of carbonyl (C=O) groups is 1. The van der Waals surface area contributed by atoms with Gasteiger partial charge in [0.1, 0.15) is 0 Å². The topological polar surface area (TPSA) is 40.5 Å². The quantitative estimate of drug-likeness (QED) is 0.423. The van der Waals surface area contributed by atoms with Gasteiger partial charge in [-0.25, -0.2) is 0 Å². The molecule has 1 saturated heterocycles. The highest BCUT2D eigenvalue weighted by atomic mass is 35.5. The van der Waals surface area contributed by atoms with Crippen LogP contribution in [0.3, 0.4) is 0 Å². The summed E-state index contributed by atoms with van der Waals surface area (Å²) in [4.78, 5) is 13.5. The lowest BCUT2D eigenvalue weighted by molar-refractivity contribution is -0.138. The Morgan fingerprint density at radius 1 is 1.35 bits per heavy atom. The van der Waals surface area contributed by atoms with Crippen molar-refractivity contribution < 1.29 is 23.1 Å². The second-order valence-corrected chi connectivity index (χ2v) is 9.59. The largest absolute Gasteiger partial charge is 0.481 e. The smallest absolute Gasteiger partial charge is 0.416 e. The Morgan fingerprint density at radius 3 is 2.68 bits per heavy atom. The molecule has 4 atom stereocenters. The van der Waals surface area contributed by atoms with E-state index in [0.717, 1.165) is 6.08 Å². The first-order valence-electron chi connectivity index (χ1n) is 11.0. The summed E-state index contributed by atoms with van der Waals surface area (Å²) in [6.07, 6.45) is 0.904. The Morgan fingerprint density at radius 2 is 2.09 bits per heavy atom. The number of likely N-dealkylation sites (tertiary alicyclic amines) is 1. The Bertz CT molecular complexity index is 1070.